The van der Waals surface area contributed by atoms with Crippen LogP contribution in [-0.2, 0) is 22.4 Å². The molecule has 0 spiro atoms. The van der Waals surface area contributed by atoms with Gasteiger partial charge in [0.05, 0.1) is 11.5 Å². The quantitative estimate of drug-likeness (QED) is 0.425. The van der Waals surface area contributed by atoms with Crippen molar-refractivity contribution in [2.45, 2.75) is 58.6 Å². The van der Waals surface area contributed by atoms with E-state index in [1.807, 2.05) is 19.9 Å². The van der Waals surface area contributed by atoms with Crippen molar-refractivity contribution in [1.82, 2.24) is 5.32 Å². The highest BCUT2D eigenvalue weighted by molar-refractivity contribution is 8.15. The van der Waals surface area contributed by atoms with Crippen molar-refractivity contribution in [2.75, 3.05) is 0 Å². The number of nitrogens with zero attached hydrogens (tertiary/aromatic N) is 2. The predicted octanol–water partition coefficient (Wildman–Crippen LogP) is 4.30. The summed E-state index contributed by atoms with van der Waals surface area (Å²) in [6.07, 6.45) is 4.80. The fourth-order valence-electron chi connectivity index (χ4n) is 2.45. The molecule has 1 unspecified atom stereocenters. The first-order valence-electron chi connectivity index (χ1n) is 8.92. The van der Waals surface area contributed by atoms with E-state index in [0.29, 0.717) is 5.17 Å². The first kappa shape index (κ1) is 22.4. The Morgan fingerprint density at radius 2 is 2.04 bits per heavy atom. The molecule has 1 heterocycles. The van der Waals surface area contributed by atoms with Gasteiger partial charge in [-0.25, -0.2) is 0 Å². The molecule has 1 aliphatic heterocycles. The third-order valence-corrected chi connectivity index (χ3v) is 4.83. The summed E-state index contributed by atoms with van der Waals surface area (Å²) in [6, 6.07) is 6.26. The van der Waals surface area contributed by atoms with E-state index in [-0.39, 0.29) is 12.3 Å². The van der Waals surface area contributed by atoms with Gasteiger partial charge in [-0.15, -0.1) is 5.10 Å². The Morgan fingerprint density at radius 3 is 2.65 bits per heavy atom. The molecule has 0 saturated carbocycles. The zero-order valence-electron chi connectivity index (χ0n) is 15.7. The highest BCUT2D eigenvalue weighted by Gasteiger charge is 2.31. The zero-order valence-corrected chi connectivity index (χ0v) is 17.3. The summed E-state index contributed by atoms with van der Waals surface area (Å²) in [5.41, 5.74) is 3.66. The number of aryl methyl sites for hydroxylation is 2. The number of amidine groups is 1. The largest absolute Gasteiger partial charge is 0.303 e. The number of thioether (sulfide) groups is 1. The molecule has 1 N–H and O–H groups in total. The zero-order chi connectivity index (χ0) is 19.5. The van der Waals surface area contributed by atoms with Crippen LogP contribution in [0.25, 0.3) is 0 Å². The number of hydrogen-bond acceptors (Lipinski definition) is 5. The van der Waals surface area contributed by atoms with Crippen molar-refractivity contribution in [3.05, 3.63) is 34.9 Å². The third kappa shape index (κ3) is 6.92. The smallest absolute Gasteiger partial charge is 0.240 e. The standard InChI is InChI=1S/C17H20ClN3O2S.C2H6/c1-3-5-13-8-11(6-7-12(13)4-2)10-19-21-17-20-16(23)14(24-17)9-15(18)22;1-2/h6-8,10,14H,3-5,9H2,1-2H3,(H,20,21,23);1-2H3/b19-10+;. The summed E-state index contributed by atoms with van der Waals surface area (Å²) in [5, 5.41) is 9.97. The van der Waals surface area contributed by atoms with Gasteiger partial charge >= 0.3 is 0 Å². The maximum absolute atomic E-state index is 11.7. The second-order valence-electron chi connectivity index (χ2n) is 5.44. The molecule has 26 heavy (non-hydrogen) atoms. The molecule has 0 aliphatic carbocycles. The first-order valence-corrected chi connectivity index (χ1v) is 10.2. The Morgan fingerprint density at radius 1 is 1.31 bits per heavy atom. The Labute approximate surface area is 164 Å². The van der Waals surface area contributed by atoms with E-state index >= 15 is 0 Å². The topological polar surface area (TPSA) is 70.9 Å². The van der Waals surface area contributed by atoms with Crippen LogP contribution >= 0.6 is 23.4 Å². The Hall–Kier alpha value is -1.66. The summed E-state index contributed by atoms with van der Waals surface area (Å²) in [5.74, 6) is -0.263. The minimum atomic E-state index is -0.535. The van der Waals surface area contributed by atoms with Gasteiger partial charge in [-0.1, -0.05) is 58.0 Å². The SMILES string of the molecule is CC.CCCc1cc(/C=N/N=C2/NC(=O)C(CC(=O)Cl)S2)ccc1CC. The summed E-state index contributed by atoms with van der Waals surface area (Å²) in [7, 11) is 0. The molecule has 1 atom stereocenters. The molecule has 0 radical (unpaired) electrons. The van der Waals surface area contributed by atoms with Crippen LogP contribution in [-0.4, -0.2) is 27.8 Å². The van der Waals surface area contributed by atoms with Crippen LogP contribution in [0, 0.1) is 0 Å². The highest BCUT2D eigenvalue weighted by Crippen LogP contribution is 2.23. The molecule has 1 amide bonds. The van der Waals surface area contributed by atoms with Gasteiger partial charge in [0.15, 0.2) is 5.17 Å². The first-order chi connectivity index (χ1) is 12.5. The molecule has 1 fully saturated rings. The van der Waals surface area contributed by atoms with Crippen molar-refractivity contribution < 1.29 is 9.59 Å². The van der Waals surface area contributed by atoms with Crippen LogP contribution in [0.4, 0.5) is 0 Å². The van der Waals surface area contributed by atoms with Crippen molar-refractivity contribution in [1.29, 1.82) is 0 Å². The lowest BCUT2D eigenvalue weighted by molar-refractivity contribution is -0.121. The molecule has 7 heteroatoms. The minimum absolute atomic E-state index is 0.0142. The van der Waals surface area contributed by atoms with E-state index in [1.165, 1.54) is 22.9 Å². The van der Waals surface area contributed by atoms with Gasteiger partial charge in [-0.3, -0.25) is 9.59 Å². The van der Waals surface area contributed by atoms with E-state index in [9.17, 15) is 9.59 Å². The molecule has 0 aromatic heterocycles. The van der Waals surface area contributed by atoms with E-state index in [4.69, 9.17) is 11.6 Å². The van der Waals surface area contributed by atoms with Crippen LogP contribution in [0.15, 0.2) is 28.4 Å². The van der Waals surface area contributed by atoms with Gasteiger partial charge < -0.3 is 5.32 Å². The maximum Gasteiger partial charge on any atom is 0.240 e. The van der Waals surface area contributed by atoms with Gasteiger partial charge in [0.1, 0.15) is 0 Å². The van der Waals surface area contributed by atoms with E-state index in [0.717, 1.165) is 24.8 Å². The number of carbonyl (C=O) groups is 2. The van der Waals surface area contributed by atoms with Crippen molar-refractivity contribution in [3.8, 4) is 0 Å². The number of carbonyl (C=O) groups excluding carboxylic acids is 2. The minimum Gasteiger partial charge on any atom is -0.303 e. The lowest BCUT2D eigenvalue weighted by Gasteiger charge is -2.07. The van der Waals surface area contributed by atoms with E-state index in [2.05, 4.69) is 41.5 Å². The third-order valence-electron chi connectivity index (χ3n) is 3.61. The number of nitrogens with one attached hydrogen (secondary N) is 1. The Bertz CT molecular complexity index is 689. The van der Waals surface area contributed by atoms with Gasteiger partial charge in [0.25, 0.3) is 0 Å². The van der Waals surface area contributed by atoms with E-state index in [1.54, 1.807) is 6.21 Å². The summed E-state index contributed by atoms with van der Waals surface area (Å²) in [6.45, 7) is 8.31. The summed E-state index contributed by atoms with van der Waals surface area (Å²) >= 11 is 6.49. The average Bonchev–Trinajstić information content (AvgIpc) is 2.96. The Kier molecular flexibility index (Phi) is 10.2. The molecular weight excluding hydrogens is 370 g/mol. The van der Waals surface area contributed by atoms with Crippen LogP contribution in [0.3, 0.4) is 0 Å². The molecule has 2 rings (SSSR count). The van der Waals surface area contributed by atoms with Crippen molar-refractivity contribution >= 4 is 45.9 Å². The molecule has 1 aromatic carbocycles. The second kappa shape index (κ2) is 11.9. The monoisotopic (exact) mass is 395 g/mol. The average molecular weight is 396 g/mol. The van der Waals surface area contributed by atoms with Gasteiger partial charge in [-0.2, -0.15) is 5.10 Å². The fourth-order valence-corrected chi connectivity index (χ4v) is 3.62. The normalized spacial score (nSPS) is 18.0. The molecular formula is C19H26ClN3O2S. The number of benzene rings is 1. The van der Waals surface area contributed by atoms with Crippen LogP contribution in [0.1, 0.15) is 57.2 Å². The van der Waals surface area contributed by atoms with Crippen molar-refractivity contribution in [2.24, 2.45) is 10.2 Å². The molecule has 1 aromatic rings. The van der Waals surface area contributed by atoms with Gasteiger partial charge in [0.2, 0.25) is 11.1 Å². The lowest BCUT2D eigenvalue weighted by atomic mass is 9.99. The highest BCUT2D eigenvalue weighted by atomic mass is 35.5. The molecule has 5 nitrogen and oxygen atoms in total. The van der Waals surface area contributed by atoms with Gasteiger partial charge in [0, 0.05) is 6.42 Å². The number of rotatable bonds is 7. The fraction of sp³-hybridized carbons (Fsp3) is 0.474. The Balaban J connectivity index is 0.00000163. The molecule has 0 bridgehead atoms. The lowest BCUT2D eigenvalue weighted by Crippen LogP contribution is -2.25. The van der Waals surface area contributed by atoms with Crippen LogP contribution < -0.4 is 5.32 Å². The second-order valence-corrected chi connectivity index (χ2v) is 7.05. The molecule has 1 aliphatic rings. The predicted molar refractivity (Wildman–Crippen MR) is 111 cm³/mol. The molecule has 142 valence electrons. The summed E-state index contributed by atoms with van der Waals surface area (Å²) in [4.78, 5) is 22.6. The van der Waals surface area contributed by atoms with Crippen LogP contribution in [0.2, 0.25) is 0 Å². The maximum atomic E-state index is 11.7. The number of halogens is 1. The number of hydrogen-bond donors (Lipinski definition) is 1. The van der Waals surface area contributed by atoms with Gasteiger partial charge in [-0.05, 0) is 47.2 Å². The molecule has 1 saturated heterocycles. The van der Waals surface area contributed by atoms with Crippen LogP contribution in [0.5, 0.6) is 0 Å². The number of amides is 1. The summed E-state index contributed by atoms with van der Waals surface area (Å²) < 4.78 is 0. The van der Waals surface area contributed by atoms with Crippen molar-refractivity contribution in [3.63, 3.8) is 0 Å². The van der Waals surface area contributed by atoms with E-state index < -0.39 is 10.5 Å².